The Bertz CT molecular complexity index is 282. The molecule has 82 valence electrons. The third kappa shape index (κ3) is 4.61. The monoisotopic (exact) mass is 208 g/mol. The first kappa shape index (κ1) is 11.7. The van der Waals surface area contributed by atoms with Crippen LogP contribution < -0.4 is 0 Å². The van der Waals surface area contributed by atoms with Crippen LogP contribution in [-0.2, 0) is 9.47 Å². The summed E-state index contributed by atoms with van der Waals surface area (Å²) in [7, 11) is 0. The van der Waals surface area contributed by atoms with E-state index < -0.39 is 0 Å². The summed E-state index contributed by atoms with van der Waals surface area (Å²) >= 11 is 0. The summed E-state index contributed by atoms with van der Waals surface area (Å²) in [5.41, 5.74) is 0.577. The van der Waals surface area contributed by atoms with Crippen molar-refractivity contribution in [2.24, 2.45) is 0 Å². The van der Waals surface area contributed by atoms with Crippen molar-refractivity contribution in [3.63, 3.8) is 0 Å². The van der Waals surface area contributed by atoms with Crippen molar-refractivity contribution in [1.29, 1.82) is 0 Å². The number of ether oxygens (including phenoxy) is 2. The molecule has 1 aromatic carbocycles. The fourth-order valence-electron chi connectivity index (χ4n) is 1.10. The molecule has 0 aliphatic heterocycles. The molecule has 0 atom stereocenters. The molecular formula is C12H16O3. The molecule has 0 unspecified atom stereocenters. The summed E-state index contributed by atoms with van der Waals surface area (Å²) in [5.74, 6) is -0.296. The van der Waals surface area contributed by atoms with E-state index in [9.17, 15) is 4.79 Å². The first-order chi connectivity index (χ1) is 7.34. The first-order valence-corrected chi connectivity index (χ1v) is 5.14. The molecule has 3 nitrogen and oxygen atoms in total. The quantitative estimate of drug-likeness (QED) is 0.531. The molecule has 0 heterocycles. The molecule has 15 heavy (non-hydrogen) atoms. The van der Waals surface area contributed by atoms with E-state index in [-0.39, 0.29) is 5.97 Å². The Morgan fingerprint density at radius 1 is 1.13 bits per heavy atom. The number of rotatable bonds is 6. The molecule has 3 heteroatoms. The van der Waals surface area contributed by atoms with Gasteiger partial charge in [0.05, 0.1) is 12.2 Å². The van der Waals surface area contributed by atoms with Gasteiger partial charge in [-0.25, -0.2) is 4.79 Å². The molecule has 0 radical (unpaired) electrons. The molecule has 0 bridgehead atoms. The summed E-state index contributed by atoms with van der Waals surface area (Å²) < 4.78 is 10.2. The maximum atomic E-state index is 11.4. The summed E-state index contributed by atoms with van der Waals surface area (Å²) in [6.45, 7) is 3.53. The van der Waals surface area contributed by atoms with Crippen molar-refractivity contribution in [2.75, 3.05) is 19.8 Å². The second-order valence-corrected chi connectivity index (χ2v) is 3.11. The van der Waals surface area contributed by atoms with Gasteiger partial charge in [0, 0.05) is 6.61 Å². The van der Waals surface area contributed by atoms with Crippen LogP contribution >= 0.6 is 0 Å². The molecule has 0 aromatic heterocycles. The lowest BCUT2D eigenvalue weighted by molar-refractivity contribution is 0.0318. The van der Waals surface area contributed by atoms with Crippen molar-refractivity contribution < 1.29 is 14.3 Å². The minimum atomic E-state index is -0.296. The SMILES string of the molecule is CCCOCCOC(=O)c1ccccc1. The summed E-state index contributed by atoms with van der Waals surface area (Å²) in [6, 6.07) is 8.94. The summed E-state index contributed by atoms with van der Waals surface area (Å²) in [6.07, 6.45) is 0.979. The average Bonchev–Trinajstić information content (AvgIpc) is 2.30. The Balaban J connectivity index is 2.20. The second kappa shape index (κ2) is 7.01. The Morgan fingerprint density at radius 2 is 1.87 bits per heavy atom. The molecule has 0 saturated heterocycles. The van der Waals surface area contributed by atoms with Crippen molar-refractivity contribution in [3.8, 4) is 0 Å². The summed E-state index contributed by atoms with van der Waals surface area (Å²) in [5, 5.41) is 0. The molecule has 0 N–H and O–H groups in total. The van der Waals surface area contributed by atoms with Gasteiger partial charge in [0.2, 0.25) is 0 Å². The van der Waals surface area contributed by atoms with Crippen LogP contribution in [0.2, 0.25) is 0 Å². The number of benzene rings is 1. The molecule has 1 rings (SSSR count). The van der Waals surface area contributed by atoms with Crippen molar-refractivity contribution >= 4 is 5.97 Å². The molecule has 1 aromatic rings. The Kier molecular flexibility index (Phi) is 5.48. The van der Waals surface area contributed by atoms with E-state index in [1.54, 1.807) is 12.1 Å². The van der Waals surface area contributed by atoms with Gasteiger partial charge in [-0.1, -0.05) is 25.1 Å². The lowest BCUT2D eigenvalue weighted by Crippen LogP contribution is -2.10. The number of esters is 1. The Morgan fingerprint density at radius 3 is 2.53 bits per heavy atom. The van der Waals surface area contributed by atoms with Gasteiger partial charge < -0.3 is 9.47 Å². The zero-order chi connectivity index (χ0) is 10.9. The van der Waals surface area contributed by atoms with E-state index in [2.05, 4.69) is 0 Å². The molecule has 0 aliphatic rings. The topological polar surface area (TPSA) is 35.5 Å². The zero-order valence-electron chi connectivity index (χ0n) is 8.94. The van der Waals surface area contributed by atoms with Gasteiger partial charge in [-0.15, -0.1) is 0 Å². The Labute approximate surface area is 90.0 Å². The van der Waals surface area contributed by atoms with Gasteiger partial charge in [0.15, 0.2) is 0 Å². The molecule has 0 spiro atoms. The molecule has 0 amide bonds. The third-order valence-corrected chi connectivity index (χ3v) is 1.82. The van der Waals surface area contributed by atoms with Gasteiger partial charge in [-0.05, 0) is 18.6 Å². The van der Waals surface area contributed by atoms with E-state index in [0.717, 1.165) is 6.42 Å². The van der Waals surface area contributed by atoms with Crippen LogP contribution in [-0.4, -0.2) is 25.8 Å². The minimum Gasteiger partial charge on any atom is -0.460 e. The van der Waals surface area contributed by atoms with Gasteiger partial charge in [-0.2, -0.15) is 0 Å². The molecule has 0 saturated carbocycles. The lowest BCUT2D eigenvalue weighted by atomic mass is 10.2. The molecular weight excluding hydrogens is 192 g/mol. The van der Waals surface area contributed by atoms with E-state index >= 15 is 0 Å². The van der Waals surface area contributed by atoms with Gasteiger partial charge in [0.1, 0.15) is 6.61 Å². The van der Waals surface area contributed by atoms with Crippen LogP contribution in [0, 0.1) is 0 Å². The van der Waals surface area contributed by atoms with Crippen LogP contribution in [0.3, 0.4) is 0 Å². The van der Waals surface area contributed by atoms with E-state index in [1.807, 2.05) is 25.1 Å². The number of carbonyl (C=O) groups excluding carboxylic acids is 1. The normalized spacial score (nSPS) is 9.93. The minimum absolute atomic E-state index is 0.296. The fraction of sp³-hybridized carbons (Fsp3) is 0.417. The number of carbonyl (C=O) groups is 1. The van der Waals surface area contributed by atoms with E-state index in [1.165, 1.54) is 0 Å². The highest BCUT2D eigenvalue weighted by molar-refractivity contribution is 5.89. The number of hydrogen-bond donors (Lipinski definition) is 0. The zero-order valence-corrected chi connectivity index (χ0v) is 8.94. The molecule has 0 fully saturated rings. The predicted molar refractivity (Wildman–Crippen MR) is 57.8 cm³/mol. The standard InChI is InChI=1S/C12H16O3/c1-2-8-14-9-10-15-12(13)11-6-4-3-5-7-11/h3-7H,2,8-10H2,1H3. The average molecular weight is 208 g/mol. The fourth-order valence-corrected chi connectivity index (χ4v) is 1.10. The molecule has 0 aliphatic carbocycles. The highest BCUT2D eigenvalue weighted by Gasteiger charge is 2.04. The number of hydrogen-bond acceptors (Lipinski definition) is 3. The Hall–Kier alpha value is -1.35. The maximum absolute atomic E-state index is 11.4. The van der Waals surface area contributed by atoms with Gasteiger partial charge >= 0.3 is 5.97 Å². The third-order valence-electron chi connectivity index (χ3n) is 1.82. The van der Waals surface area contributed by atoms with Crippen LogP contribution in [0.4, 0.5) is 0 Å². The van der Waals surface area contributed by atoms with Crippen molar-refractivity contribution in [2.45, 2.75) is 13.3 Å². The lowest BCUT2D eigenvalue weighted by Gasteiger charge is -2.04. The highest BCUT2D eigenvalue weighted by Crippen LogP contribution is 2.00. The van der Waals surface area contributed by atoms with Gasteiger partial charge in [0.25, 0.3) is 0 Å². The van der Waals surface area contributed by atoms with Crippen LogP contribution in [0.5, 0.6) is 0 Å². The maximum Gasteiger partial charge on any atom is 0.338 e. The van der Waals surface area contributed by atoms with Crippen LogP contribution in [0.25, 0.3) is 0 Å². The van der Waals surface area contributed by atoms with E-state index in [4.69, 9.17) is 9.47 Å². The van der Waals surface area contributed by atoms with Crippen molar-refractivity contribution in [3.05, 3.63) is 35.9 Å². The van der Waals surface area contributed by atoms with Crippen molar-refractivity contribution in [1.82, 2.24) is 0 Å². The van der Waals surface area contributed by atoms with E-state index in [0.29, 0.717) is 25.4 Å². The van der Waals surface area contributed by atoms with Gasteiger partial charge in [-0.3, -0.25) is 0 Å². The summed E-state index contributed by atoms with van der Waals surface area (Å²) in [4.78, 5) is 11.4. The smallest absolute Gasteiger partial charge is 0.338 e. The van der Waals surface area contributed by atoms with Crippen LogP contribution in [0.15, 0.2) is 30.3 Å². The van der Waals surface area contributed by atoms with Crippen LogP contribution in [0.1, 0.15) is 23.7 Å². The highest BCUT2D eigenvalue weighted by atomic mass is 16.6. The second-order valence-electron chi connectivity index (χ2n) is 3.11. The predicted octanol–water partition coefficient (Wildman–Crippen LogP) is 2.27. The largest absolute Gasteiger partial charge is 0.460 e. The first-order valence-electron chi connectivity index (χ1n) is 5.14.